The number of likely N-dealkylation sites (tertiary alicyclic amines) is 1. The van der Waals surface area contributed by atoms with E-state index in [1.165, 1.54) is 12.1 Å². The van der Waals surface area contributed by atoms with Crippen LogP contribution in [0, 0.1) is 11.7 Å². The highest BCUT2D eigenvalue weighted by molar-refractivity contribution is 7.98. The van der Waals surface area contributed by atoms with Gasteiger partial charge in [0.2, 0.25) is 17.6 Å². The molecule has 1 N–H and O–H groups in total. The van der Waals surface area contributed by atoms with Crippen molar-refractivity contribution in [3.8, 4) is 11.4 Å². The van der Waals surface area contributed by atoms with Crippen LogP contribution < -0.4 is 5.32 Å². The summed E-state index contributed by atoms with van der Waals surface area (Å²) >= 11 is 13.7. The average molecular weight is 523 g/mol. The van der Waals surface area contributed by atoms with Crippen LogP contribution in [0.3, 0.4) is 0 Å². The fourth-order valence-corrected chi connectivity index (χ4v) is 4.92. The zero-order valence-electron chi connectivity index (χ0n) is 18.5. The van der Waals surface area contributed by atoms with Gasteiger partial charge >= 0.3 is 0 Å². The number of piperidine rings is 1. The van der Waals surface area contributed by atoms with Gasteiger partial charge in [0.1, 0.15) is 5.82 Å². The summed E-state index contributed by atoms with van der Waals surface area (Å²) in [6.45, 7) is 2.75. The average Bonchev–Trinajstić information content (AvgIpc) is 3.30. The van der Waals surface area contributed by atoms with Gasteiger partial charge in [-0.25, -0.2) is 4.39 Å². The zero-order chi connectivity index (χ0) is 23.9. The van der Waals surface area contributed by atoms with Gasteiger partial charge in [0.15, 0.2) is 0 Å². The van der Waals surface area contributed by atoms with Crippen LogP contribution >= 0.6 is 35.0 Å². The van der Waals surface area contributed by atoms with E-state index in [-0.39, 0.29) is 17.6 Å². The van der Waals surface area contributed by atoms with Gasteiger partial charge in [-0.2, -0.15) is 16.7 Å². The number of amides is 1. The normalized spacial score (nSPS) is 14.9. The topological polar surface area (TPSA) is 71.3 Å². The predicted octanol–water partition coefficient (Wildman–Crippen LogP) is 5.44. The van der Waals surface area contributed by atoms with Crippen molar-refractivity contribution >= 4 is 40.9 Å². The Bertz CT molecular complexity index is 1100. The Kier molecular flexibility index (Phi) is 8.83. The second kappa shape index (κ2) is 12.0. The zero-order valence-corrected chi connectivity index (χ0v) is 20.8. The summed E-state index contributed by atoms with van der Waals surface area (Å²) in [5.41, 5.74) is 1.83. The maximum atomic E-state index is 13.1. The summed E-state index contributed by atoms with van der Waals surface area (Å²) in [7, 11) is 0. The lowest BCUT2D eigenvalue weighted by atomic mass is 9.96. The molecule has 1 fully saturated rings. The molecule has 6 nitrogen and oxygen atoms in total. The molecule has 3 aromatic rings. The van der Waals surface area contributed by atoms with Gasteiger partial charge in [0, 0.05) is 29.5 Å². The minimum absolute atomic E-state index is 0.0220. The lowest BCUT2D eigenvalue weighted by molar-refractivity contribution is -0.126. The van der Waals surface area contributed by atoms with Gasteiger partial charge in [-0.3, -0.25) is 9.69 Å². The number of benzene rings is 2. The number of halogens is 3. The number of hydrogen-bond acceptors (Lipinski definition) is 6. The van der Waals surface area contributed by atoms with Gasteiger partial charge in [-0.1, -0.05) is 34.4 Å². The molecule has 1 aromatic heterocycles. The molecule has 4 rings (SSSR count). The lowest BCUT2D eigenvalue weighted by Gasteiger charge is -2.30. The van der Waals surface area contributed by atoms with Gasteiger partial charge in [-0.05, 0) is 67.9 Å². The van der Waals surface area contributed by atoms with E-state index in [4.69, 9.17) is 27.7 Å². The molecule has 1 saturated heterocycles. The standard InChI is InChI=1S/C24H25Cl2FN4O2S/c25-20-6-1-16(13-21(20)26)15-34-12-9-28-24(32)18-7-10-31(11-8-18)14-22-29-23(30-33-22)17-2-4-19(27)5-3-17/h1-6,13,18H,7-12,14-15H2,(H,28,32). The molecule has 180 valence electrons. The van der Waals surface area contributed by atoms with E-state index in [9.17, 15) is 9.18 Å². The van der Waals surface area contributed by atoms with Crippen molar-refractivity contribution in [2.45, 2.75) is 25.1 Å². The smallest absolute Gasteiger partial charge is 0.241 e. The first-order chi connectivity index (χ1) is 16.5. The lowest BCUT2D eigenvalue weighted by Crippen LogP contribution is -2.40. The molecule has 0 radical (unpaired) electrons. The number of nitrogens with one attached hydrogen (secondary N) is 1. The Hall–Kier alpha value is -2.13. The van der Waals surface area contributed by atoms with E-state index in [1.54, 1.807) is 30.0 Å². The van der Waals surface area contributed by atoms with Crippen molar-refractivity contribution in [3.63, 3.8) is 0 Å². The Morgan fingerprint density at radius 1 is 1.15 bits per heavy atom. The van der Waals surface area contributed by atoms with Gasteiger partial charge in [0.05, 0.1) is 16.6 Å². The first-order valence-electron chi connectivity index (χ1n) is 11.1. The van der Waals surface area contributed by atoms with E-state index in [1.807, 2.05) is 12.1 Å². The summed E-state index contributed by atoms with van der Waals surface area (Å²) in [4.78, 5) is 19.1. The Labute approximate surface area is 212 Å². The quantitative estimate of drug-likeness (QED) is 0.377. The minimum Gasteiger partial charge on any atom is -0.355 e. The van der Waals surface area contributed by atoms with Crippen molar-refractivity contribution < 1.29 is 13.7 Å². The molecular weight excluding hydrogens is 498 g/mol. The maximum Gasteiger partial charge on any atom is 0.241 e. The molecule has 0 atom stereocenters. The SMILES string of the molecule is O=C(NCCSCc1ccc(Cl)c(Cl)c1)C1CCN(Cc2nc(-c3ccc(F)cc3)no2)CC1. The largest absolute Gasteiger partial charge is 0.355 e. The van der Waals surface area contributed by atoms with E-state index >= 15 is 0 Å². The minimum atomic E-state index is -0.304. The van der Waals surface area contributed by atoms with Gasteiger partial charge < -0.3 is 9.84 Å². The van der Waals surface area contributed by atoms with Crippen LogP contribution in [0.15, 0.2) is 47.0 Å². The fourth-order valence-electron chi connectivity index (χ4n) is 3.79. The number of nitrogens with zero attached hydrogens (tertiary/aromatic N) is 3. The molecule has 2 heterocycles. The number of aromatic nitrogens is 2. The second-order valence-electron chi connectivity index (χ2n) is 8.16. The van der Waals surface area contributed by atoms with Crippen LogP contribution in [-0.2, 0) is 17.1 Å². The molecule has 1 aliphatic rings. The summed E-state index contributed by atoms with van der Waals surface area (Å²) in [6, 6.07) is 11.6. The van der Waals surface area contributed by atoms with E-state index in [0.29, 0.717) is 40.4 Å². The molecule has 2 aromatic carbocycles. The molecular formula is C24H25Cl2FN4O2S. The molecule has 0 bridgehead atoms. The van der Waals surface area contributed by atoms with E-state index < -0.39 is 0 Å². The monoisotopic (exact) mass is 522 g/mol. The van der Waals surface area contributed by atoms with Crippen molar-refractivity contribution in [2.24, 2.45) is 5.92 Å². The van der Waals surface area contributed by atoms with E-state index in [0.717, 1.165) is 43.0 Å². The Morgan fingerprint density at radius 3 is 2.65 bits per heavy atom. The molecule has 1 aliphatic heterocycles. The van der Waals surface area contributed by atoms with Gasteiger partial charge in [-0.15, -0.1) is 0 Å². The highest BCUT2D eigenvalue weighted by Gasteiger charge is 2.25. The summed E-state index contributed by atoms with van der Waals surface area (Å²) in [5.74, 6) is 2.45. The van der Waals surface area contributed by atoms with Gasteiger partial charge in [0.25, 0.3) is 0 Å². The molecule has 1 amide bonds. The number of carbonyl (C=O) groups excluding carboxylic acids is 1. The maximum absolute atomic E-state index is 13.1. The second-order valence-corrected chi connectivity index (χ2v) is 10.1. The van der Waals surface area contributed by atoms with Crippen LogP contribution in [0.4, 0.5) is 4.39 Å². The first-order valence-corrected chi connectivity index (χ1v) is 13.0. The van der Waals surface area contributed by atoms with E-state index in [2.05, 4.69) is 20.4 Å². The highest BCUT2D eigenvalue weighted by Crippen LogP contribution is 2.25. The van der Waals surface area contributed by atoms with Crippen LogP contribution in [-0.4, -0.2) is 46.3 Å². The molecule has 0 spiro atoms. The first kappa shape index (κ1) is 25.0. The van der Waals surface area contributed by atoms with Crippen molar-refractivity contribution in [2.75, 3.05) is 25.4 Å². The van der Waals surface area contributed by atoms with Crippen LogP contribution in [0.25, 0.3) is 11.4 Å². The highest BCUT2D eigenvalue weighted by atomic mass is 35.5. The Balaban J connectivity index is 1.13. The third-order valence-corrected chi connectivity index (χ3v) is 7.46. The Morgan fingerprint density at radius 2 is 1.91 bits per heavy atom. The number of hydrogen-bond donors (Lipinski definition) is 1. The molecule has 34 heavy (non-hydrogen) atoms. The predicted molar refractivity (Wildman–Crippen MR) is 133 cm³/mol. The molecule has 10 heteroatoms. The summed E-state index contributed by atoms with van der Waals surface area (Å²) < 4.78 is 18.4. The fraction of sp³-hybridized carbons (Fsp3) is 0.375. The summed E-state index contributed by atoms with van der Waals surface area (Å²) in [5, 5.41) is 8.16. The molecule has 0 unspecified atom stereocenters. The molecule has 0 aliphatic carbocycles. The van der Waals surface area contributed by atoms with Crippen molar-refractivity contribution in [1.29, 1.82) is 0 Å². The summed E-state index contributed by atoms with van der Waals surface area (Å²) in [6.07, 6.45) is 1.59. The van der Waals surface area contributed by atoms with Crippen molar-refractivity contribution in [3.05, 3.63) is 69.8 Å². The van der Waals surface area contributed by atoms with Crippen LogP contribution in [0.5, 0.6) is 0 Å². The van der Waals surface area contributed by atoms with Crippen LogP contribution in [0.1, 0.15) is 24.3 Å². The third-order valence-electron chi connectivity index (χ3n) is 5.69. The number of thioether (sulfide) groups is 1. The van der Waals surface area contributed by atoms with Crippen LogP contribution in [0.2, 0.25) is 10.0 Å². The van der Waals surface area contributed by atoms with Crippen molar-refractivity contribution in [1.82, 2.24) is 20.4 Å². The third kappa shape index (κ3) is 6.95. The molecule has 0 saturated carbocycles. The number of rotatable bonds is 9. The number of carbonyl (C=O) groups is 1.